The molecule has 15 heavy (non-hydrogen) atoms. The summed E-state index contributed by atoms with van der Waals surface area (Å²) in [6.45, 7) is 0.678. The first-order valence-corrected chi connectivity index (χ1v) is 5.52. The second kappa shape index (κ2) is 3.96. The minimum atomic E-state index is -4.38. The van der Waals surface area contributed by atoms with Crippen LogP contribution >= 0.6 is 11.3 Å². The highest BCUT2D eigenvalue weighted by atomic mass is 32.1. The third kappa shape index (κ3) is 3.05. The van der Waals surface area contributed by atoms with Gasteiger partial charge in [0.1, 0.15) is 0 Å². The number of nitrogens with one attached hydrogen (secondary N) is 1. The molecule has 1 N–H and O–H groups in total. The van der Waals surface area contributed by atoms with Gasteiger partial charge >= 0.3 is 6.18 Å². The van der Waals surface area contributed by atoms with E-state index in [0.717, 1.165) is 12.3 Å². The number of hydrogen-bond acceptors (Lipinski definition) is 4. The van der Waals surface area contributed by atoms with Crippen molar-refractivity contribution in [3.63, 3.8) is 0 Å². The molecule has 0 amide bonds. The Labute approximate surface area is 88.7 Å². The maximum atomic E-state index is 12.1. The van der Waals surface area contributed by atoms with E-state index < -0.39 is 11.2 Å². The largest absolute Gasteiger partial charge is 0.445 e. The first-order chi connectivity index (χ1) is 7.05. The molecule has 0 saturated heterocycles. The van der Waals surface area contributed by atoms with Gasteiger partial charge in [0.2, 0.25) is 10.1 Å². The number of nitrogens with zero attached hydrogens (tertiary/aromatic N) is 2. The fourth-order valence-corrected chi connectivity index (χ4v) is 1.84. The van der Waals surface area contributed by atoms with Gasteiger partial charge in [0.25, 0.3) is 0 Å². The topological polar surface area (TPSA) is 37.8 Å². The van der Waals surface area contributed by atoms with Crippen LogP contribution in [0.4, 0.5) is 18.3 Å². The van der Waals surface area contributed by atoms with Gasteiger partial charge in [0, 0.05) is 6.54 Å². The maximum Gasteiger partial charge on any atom is 0.445 e. The van der Waals surface area contributed by atoms with E-state index >= 15 is 0 Å². The first kappa shape index (κ1) is 10.7. The predicted molar refractivity (Wildman–Crippen MR) is 50.7 cm³/mol. The van der Waals surface area contributed by atoms with Gasteiger partial charge in [-0.2, -0.15) is 13.2 Å². The van der Waals surface area contributed by atoms with E-state index in [2.05, 4.69) is 15.5 Å². The van der Waals surface area contributed by atoms with Crippen molar-refractivity contribution >= 4 is 16.5 Å². The molecule has 7 heteroatoms. The molecule has 0 unspecified atom stereocenters. The van der Waals surface area contributed by atoms with Crippen LogP contribution in [0.2, 0.25) is 0 Å². The minimum Gasteiger partial charge on any atom is -0.360 e. The minimum absolute atomic E-state index is 0.253. The molecule has 1 saturated carbocycles. The number of alkyl halides is 3. The zero-order valence-corrected chi connectivity index (χ0v) is 8.66. The second-order valence-electron chi connectivity index (χ2n) is 3.57. The molecule has 2 rings (SSSR count). The normalized spacial score (nSPS) is 16.7. The summed E-state index contributed by atoms with van der Waals surface area (Å²) in [6, 6.07) is 0. The van der Waals surface area contributed by atoms with Crippen LogP contribution in [0, 0.1) is 5.92 Å². The Balaban J connectivity index is 1.83. The molecule has 0 aromatic carbocycles. The van der Waals surface area contributed by atoms with Gasteiger partial charge in [-0.3, -0.25) is 0 Å². The van der Waals surface area contributed by atoms with Crippen molar-refractivity contribution in [2.24, 2.45) is 5.92 Å². The quantitative estimate of drug-likeness (QED) is 0.875. The fraction of sp³-hybridized carbons (Fsp3) is 0.750. The molecule has 0 spiro atoms. The van der Waals surface area contributed by atoms with Crippen molar-refractivity contribution in [2.45, 2.75) is 25.4 Å². The lowest BCUT2D eigenvalue weighted by Gasteiger charge is -1.99. The van der Waals surface area contributed by atoms with E-state index in [1.54, 1.807) is 0 Å². The summed E-state index contributed by atoms with van der Waals surface area (Å²) in [6.07, 6.45) is -0.897. The number of rotatable bonds is 4. The Kier molecular flexibility index (Phi) is 2.81. The number of anilines is 1. The highest BCUT2D eigenvalue weighted by Gasteiger charge is 2.35. The van der Waals surface area contributed by atoms with E-state index in [9.17, 15) is 13.2 Å². The zero-order chi connectivity index (χ0) is 10.9. The SMILES string of the molecule is FC(F)(F)c1nnc(NCCC2CC2)s1. The molecule has 1 aromatic rings. The summed E-state index contributed by atoms with van der Waals surface area (Å²) in [5, 5.41) is 8.73. The Bertz CT molecular complexity index is 332. The van der Waals surface area contributed by atoms with E-state index in [0.29, 0.717) is 17.9 Å². The number of aromatic nitrogens is 2. The molecule has 1 heterocycles. The summed E-state index contributed by atoms with van der Waals surface area (Å²) in [5.41, 5.74) is 0. The van der Waals surface area contributed by atoms with Crippen LogP contribution in [0.15, 0.2) is 0 Å². The van der Waals surface area contributed by atoms with Crippen molar-refractivity contribution in [2.75, 3.05) is 11.9 Å². The first-order valence-electron chi connectivity index (χ1n) is 4.70. The van der Waals surface area contributed by atoms with Gasteiger partial charge in [-0.25, -0.2) is 0 Å². The molecule has 1 aliphatic rings. The lowest BCUT2D eigenvalue weighted by molar-refractivity contribution is -0.138. The Morgan fingerprint density at radius 2 is 2.07 bits per heavy atom. The molecule has 1 fully saturated rings. The van der Waals surface area contributed by atoms with E-state index in [4.69, 9.17) is 0 Å². The summed E-state index contributed by atoms with van der Waals surface area (Å²) >= 11 is 0.554. The van der Waals surface area contributed by atoms with Crippen LogP contribution in [0.1, 0.15) is 24.3 Å². The molecular weight excluding hydrogens is 227 g/mol. The third-order valence-corrected chi connectivity index (χ3v) is 3.12. The Morgan fingerprint density at radius 1 is 1.33 bits per heavy atom. The van der Waals surface area contributed by atoms with E-state index in [1.807, 2.05) is 0 Å². The van der Waals surface area contributed by atoms with Gasteiger partial charge in [0.05, 0.1) is 0 Å². The molecule has 1 aliphatic carbocycles. The highest BCUT2D eigenvalue weighted by molar-refractivity contribution is 7.15. The molecule has 0 aliphatic heterocycles. The third-order valence-electron chi connectivity index (χ3n) is 2.19. The molecule has 0 atom stereocenters. The van der Waals surface area contributed by atoms with Crippen LogP contribution < -0.4 is 5.32 Å². The Morgan fingerprint density at radius 3 is 2.60 bits per heavy atom. The smallest absolute Gasteiger partial charge is 0.360 e. The average Bonchev–Trinajstić information content (AvgIpc) is 2.80. The summed E-state index contributed by atoms with van der Waals surface area (Å²) in [7, 11) is 0. The monoisotopic (exact) mass is 237 g/mol. The summed E-state index contributed by atoms with van der Waals surface area (Å²) in [5.74, 6) is 0.757. The maximum absolute atomic E-state index is 12.1. The highest BCUT2D eigenvalue weighted by Crippen LogP contribution is 2.34. The van der Waals surface area contributed by atoms with Crippen LogP contribution in [-0.4, -0.2) is 16.7 Å². The zero-order valence-electron chi connectivity index (χ0n) is 7.84. The van der Waals surface area contributed by atoms with Crippen LogP contribution in [0.5, 0.6) is 0 Å². The van der Waals surface area contributed by atoms with Crippen LogP contribution in [-0.2, 0) is 6.18 Å². The lowest BCUT2D eigenvalue weighted by atomic mass is 10.3. The van der Waals surface area contributed by atoms with Crippen LogP contribution in [0.25, 0.3) is 0 Å². The molecule has 0 radical (unpaired) electrons. The molecular formula is C8H10F3N3S. The van der Waals surface area contributed by atoms with Crippen molar-refractivity contribution < 1.29 is 13.2 Å². The number of halogens is 3. The van der Waals surface area contributed by atoms with Gasteiger partial charge in [0.15, 0.2) is 0 Å². The van der Waals surface area contributed by atoms with Crippen LogP contribution in [0.3, 0.4) is 0 Å². The molecule has 3 nitrogen and oxygen atoms in total. The van der Waals surface area contributed by atoms with E-state index in [-0.39, 0.29) is 5.13 Å². The molecule has 1 aromatic heterocycles. The summed E-state index contributed by atoms with van der Waals surface area (Å²) < 4.78 is 36.4. The van der Waals surface area contributed by atoms with Crippen molar-refractivity contribution in [1.29, 1.82) is 0 Å². The fourth-order valence-electron chi connectivity index (χ4n) is 1.20. The van der Waals surface area contributed by atoms with Crippen molar-refractivity contribution in [1.82, 2.24) is 10.2 Å². The van der Waals surface area contributed by atoms with Gasteiger partial charge in [-0.05, 0) is 12.3 Å². The van der Waals surface area contributed by atoms with Crippen molar-refractivity contribution in [3.8, 4) is 0 Å². The number of hydrogen-bond donors (Lipinski definition) is 1. The second-order valence-corrected chi connectivity index (χ2v) is 4.55. The summed E-state index contributed by atoms with van der Waals surface area (Å²) in [4.78, 5) is 0. The predicted octanol–water partition coefficient (Wildman–Crippen LogP) is 2.77. The average molecular weight is 237 g/mol. The molecule has 84 valence electrons. The van der Waals surface area contributed by atoms with Gasteiger partial charge in [-0.15, -0.1) is 10.2 Å². The standard InChI is InChI=1S/C8H10F3N3S/c9-8(10,11)6-13-14-7(15-6)12-4-3-5-1-2-5/h5H,1-4H2,(H,12,14). The van der Waals surface area contributed by atoms with Crippen molar-refractivity contribution in [3.05, 3.63) is 5.01 Å². The van der Waals surface area contributed by atoms with Gasteiger partial charge < -0.3 is 5.32 Å². The molecule has 0 bridgehead atoms. The Hall–Kier alpha value is -0.850. The van der Waals surface area contributed by atoms with E-state index in [1.165, 1.54) is 12.8 Å². The van der Waals surface area contributed by atoms with Gasteiger partial charge in [-0.1, -0.05) is 24.2 Å². The lowest BCUT2D eigenvalue weighted by Crippen LogP contribution is -2.03.